The lowest BCUT2D eigenvalue weighted by molar-refractivity contribution is 0.0939. The van der Waals surface area contributed by atoms with E-state index in [9.17, 15) is 14.7 Å². The van der Waals surface area contributed by atoms with E-state index in [0.717, 1.165) is 18.6 Å². The molecule has 136 valence electrons. The monoisotopic (exact) mass is 354 g/mol. The van der Waals surface area contributed by atoms with E-state index in [-0.39, 0.29) is 11.8 Å². The first-order chi connectivity index (χ1) is 12.6. The van der Waals surface area contributed by atoms with Crippen molar-refractivity contribution in [2.24, 2.45) is 5.92 Å². The molecule has 1 saturated heterocycles. The Morgan fingerprint density at radius 1 is 1.04 bits per heavy atom. The average Bonchev–Trinajstić information content (AvgIpc) is 2.68. The van der Waals surface area contributed by atoms with Gasteiger partial charge >= 0.3 is 6.03 Å². The van der Waals surface area contributed by atoms with E-state index in [1.54, 1.807) is 4.90 Å². The Balaban J connectivity index is 1.43. The lowest BCUT2D eigenvalue weighted by Crippen LogP contribution is -2.47. The zero-order chi connectivity index (χ0) is 18.4. The molecule has 2 aromatic carbocycles. The highest BCUT2D eigenvalue weighted by Crippen LogP contribution is 2.19. The van der Waals surface area contributed by atoms with E-state index in [1.807, 2.05) is 30.3 Å². The average molecular weight is 354 g/mol. The molecule has 0 radical (unpaired) electrons. The second kappa shape index (κ2) is 8.38. The maximum atomic E-state index is 12.2. The summed E-state index contributed by atoms with van der Waals surface area (Å²) in [6.07, 6.45) is 1.68. The molecule has 0 aromatic heterocycles. The van der Waals surface area contributed by atoms with Gasteiger partial charge in [-0.3, -0.25) is 10.1 Å². The van der Waals surface area contributed by atoms with Gasteiger partial charge in [-0.2, -0.15) is 0 Å². The molecule has 0 spiro atoms. The largest absolute Gasteiger partial charge is 0.508 e. The molecule has 0 aliphatic carbocycles. The van der Waals surface area contributed by atoms with Crippen LogP contribution in [0.5, 0.6) is 11.5 Å². The van der Waals surface area contributed by atoms with Crippen molar-refractivity contribution in [1.82, 2.24) is 10.2 Å². The van der Waals surface area contributed by atoms with Crippen LogP contribution in [0.2, 0.25) is 0 Å². The van der Waals surface area contributed by atoms with Crippen molar-refractivity contribution in [2.75, 3.05) is 19.7 Å². The summed E-state index contributed by atoms with van der Waals surface area (Å²) < 4.78 is 5.78. The van der Waals surface area contributed by atoms with Crippen LogP contribution in [0.25, 0.3) is 0 Å². The van der Waals surface area contributed by atoms with Gasteiger partial charge in [0.2, 0.25) is 0 Å². The number of rotatable bonds is 4. The Hall–Kier alpha value is -3.02. The Morgan fingerprint density at radius 3 is 2.35 bits per heavy atom. The summed E-state index contributed by atoms with van der Waals surface area (Å²) >= 11 is 0. The lowest BCUT2D eigenvalue weighted by atomic mass is 9.98. The SMILES string of the molecule is O=C(NC(=O)N1CCC(COc2ccccc2)CC1)c1ccc(O)cc1. The van der Waals surface area contributed by atoms with Crippen LogP contribution >= 0.6 is 0 Å². The van der Waals surface area contributed by atoms with Gasteiger partial charge in [0, 0.05) is 18.7 Å². The molecule has 1 aliphatic heterocycles. The normalized spacial score (nSPS) is 14.7. The molecule has 0 bridgehead atoms. The second-order valence-electron chi connectivity index (χ2n) is 6.36. The molecule has 26 heavy (non-hydrogen) atoms. The van der Waals surface area contributed by atoms with Crippen molar-refractivity contribution >= 4 is 11.9 Å². The molecule has 3 amide bonds. The van der Waals surface area contributed by atoms with Crippen molar-refractivity contribution in [3.05, 3.63) is 60.2 Å². The first kappa shape index (κ1) is 17.8. The van der Waals surface area contributed by atoms with E-state index in [0.29, 0.717) is 31.2 Å². The first-order valence-corrected chi connectivity index (χ1v) is 8.69. The molecule has 1 heterocycles. The molecule has 3 rings (SSSR count). The third-order valence-corrected chi connectivity index (χ3v) is 4.48. The first-order valence-electron chi connectivity index (χ1n) is 8.69. The predicted molar refractivity (Wildman–Crippen MR) is 97.2 cm³/mol. The summed E-state index contributed by atoms with van der Waals surface area (Å²) in [5.41, 5.74) is 0.335. The van der Waals surface area contributed by atoms with Gasteiger partial charge in [-0.25, -0.2) is 4.79 Å². The van der Waals surface area contributed by atoms with Crippen molar-refractivity contribution in [2.45, 2.75) is 12.8 Å². The van der Waals surface area contributed by atoms with E-state index in [1.165, 1.54) is 24.3 Å². The molecule has 6 heteroatoms. The van der Waals surface area contributed by atoms with Gasteiger partial charge in [0.25, 0.3) is 5.91 Å². The maximum absolute atomic E-state index is 12.2. The zero-order valence-corrected chi connectivity index (χ0v) is 14.4. The second-order valence-corrected chi connectivity index (χ2v) is 6.36. The van der Waals surface area contributed by atoms with Crippen LogP contribution in [0.15, 0.2) is 54.6 Å². The summed E-state index contributed by atoms with van der Waals surface area (Å²) in [6.45, 7) is 1.82. The topological polar surface area (TPSA) is 78.9 Å². The number of nitrogens with one attached hydrogen (secondary N) is 1. The van der Waals surface area contributed by atoms with Crippen LogP contribution in [0.4, 0.5) is 4.79 Å². The third-order valence-electron chi connectivity index (χ3n) is 4.48. The number of carbonyl (C=O) groups is 2. The summed E-state index contributed by atoms with van der Waals surface area (Å²) in [7, 11) is 0. The van der Waals surface area contributed by atoms with Crippen molar-refractivity contribution < 1.29 is 19.4 Å². The highest BCUT2D eigenvalue weighted by molar-refractivity contribution is 6.04. The van der Waals surface area contributed by atoms with Gasteiger partial charge in [0.05, 0.1) is 6.61 Å². The maximum Gasteiger partial charge on any atom is 0.324 e. The molecule has 2 aromatic rings. The molecular weight excluding hydrogens is 332 g/mol. The zero-order valence-electron chi connectivity index (χ0n) is 14.4. The Bertz CT molecular complexity index is 738. The van der Waals surface area contributed by atoms with Crippen LogP contribution in [0, 0.1) is 5.92 Å². The summed E-state index contributed by atoms with van der Waals surface area (Å²) in [6, 6.07) is 15.1. The molecule has 6 nitrogen and oxygen atoms in total. The van der Waals surface area contributed by atoms with Crippen LogP contribution < -0.4 is 10.1 Å². The van der Waals surface area contributed by atoms with E-state index >= 15 is 0 Å². The number of benzene rings is 2. The number of likely N-dealkylation sites (tertiary alicyclic amines) is 1. The minimum atomic E-state index is -0.468. The van der Waals surface area contributed by atoms with Crippen LogP contribution in [0.1, 0.15) is 23.2 Å². The van der Waals surface area contributed by atoms with Crippen LogP contribution in [-0.4, -0.2) is 41.6 Å². The molecule has 0 saturated carbocycles. The molecule has 2 N–H and O–H groups in total. The standard InChI is InChI=1S/C20H22N2O4/c23-17-8-6-16(7-9-17)19(24)21-20(25)22-12-10-15(11-13-22)14-26-18-4-2-1-3-5-18/h1-9,15,23H,10-14H2,(H,21,24,25). The third kappa shape index (κ3) is 4.75. The number of para-hydroxylation sites is 1. The Labute approximate surface area is 152 Å². The van der Waals surface area contributed by atoms with Crippen molar-refractivity contribution in [1.29, 1.82) is 0 Å². The van der Waals surface area contributed by atoms with Gasteiger partial charge in [-0.05, 0) is 55.2 Å². The number of hydrogen-bond donors (Lipinski definition) is 2. The molecule has 1 aliphatic rings. The number of piperidine rings is 1. The number of aromatic hydroxyl groups is 1. The van der Waals surface area contributed by atoms with Crippen molar-refractivity contribution in [3.8, 4) is 11.5 Å². The highest BCUT2D eigenvalue weighted by Gasteiger charge is 2.24. The molecular formula is C20H22N2O4. The number of amides is 3. The fraction of sp³-hybridized carbons (Fsp3) is 0.300. The number of carbonyl (C=O) groups excluding carboxylic acids is 2. The van der Waals surface area contributed by atoms with Gasteiger partial charge in [0.1, 0.15) is 11.5 Å². The van der Waals surface area contributed by atoms with Gasteiger partial charge in [-0.15, -0.1) is 0 Å². The van der Waals surface area contributed by atoms with Gasteiger partial charge < -0.3 is 14.7 Å². The van der Waals surface area contributed by atoms with Gasteiger partial charge in [-0.1, -0.05) is 18.2 Å². The number of phenols is 1. The lowest BCUT2D eigenvalue weighted by Gasteiger charge is -2.31. The van der Waals surface area contributed by atoms with Crippen LogP contribution in [0.3, 0.4) is 0 Å². The number of phenolic OH excluding ortho intramolecular Hbond substituents is 1. The molecule has 1 fully saturated rings. The number of hydrogen-bond acceptors (Lipinski definition) is 4. The van der Waals surface area contributed by atoms with Gasteiger partial charge in [0.15, 0.2) is 0 Å². The number of nitrogens with zero attached hydrogens (tertiary/aromatic N) is 1. The fourth-order valence-corrected chi connectivity index (χ4v) is 2.89. The molecule has 0 unspecified atom stereocenters. The predicted octanol–water partition coefficient (Wildman–Crippen LogP) is 3.03. The fourth-order valence-electron chi connectivity index (χ4n) is 2.89. The summed E-state index contributed by atoms with van der Waals surface area (Å²) in [4.78, 5) is 26.0. The van der Waals surface area contributed by atoms with E-state index in [4.69, 9.17) is 4.74 Å². The Morgan fingerprint density at radius 2 is 1.69 bits per heavy atom. The minimum absolute atomic E-state index is 0.0765. The quantitative estimate of drug-likeness (QED) is 0.885. The number of ether oxygens (including phenoxy) is 1. The Kier molecular flexibility index (Phi) is 5.73. The summed E-state index contributed by atoms with van der Waals surface area (Å²) in [5, 5.41) is 11.6. The highest BCUT2D eigenvalue weighted by atomic mass is 16.5. The number of urea groups is 1. The van der Waals surface area contributed by atoms with E-state index < -0.39 is 5.91 Å². The smallest absolute Gasteiger partial charge is 0.324 e. The summed E-state index contributed by atoms with van der Waals surface area (Å²) in [5.74, 6) is 0.858. The minimum Gasteiger partial charge on any atom is -0.508 e. The number of imide groups is 1. The van der Waals surface area contributed by atoms with E-state index in [2.05, 4.69) is 5.32 Å². The van der Waals surface area contributed by atoms with Crippen LogP contribution in [-0.2, 0) is 0 Å². The van der Waals surface area contributed by atoms with Crippen molar-refractivity contribution in [3.63, 3.8) is 0 Å². The molecule has 0 atom stereocenters.